The highest BCUT2D eigenvalue weighted by molar-refractivity contribution is 5.67. The van der Waals surface area contributed by atoms with Crippen LogP contribution in [-0.4, -0.2) is 41.9 Å². The zero-order valence-electron chi connectivity index (χ0n) is 10.6. The zero-order chi connectivity index (χ0) is 13.0. The lowest BCUT2D eigenvalue weighted by Crippen LogP contribution is -2.45. The summed E-state index contributed by atoms with van der Waals surface area (Å²) >= 11 is 0. The molecule has 1 aliphatic heterocycles. The number of amides is 1. The molecule has 2 rings (SSSR count). The average Bonchev–Trinajstić information content (AvgIpc) is 2.40. The van der Waals surface area contributed by atoms with E-state index in [-0.39, 0.29) is 12.0 Å². The van der Waals surface area contributed by atoms with E-state index >= 15 is 0 Å². The van der Waals surface area contributed by atoms with Gasteiger partial charge in [-0.25, -0.2) is 4.79 Å². The minimum atomic E-state index is -0.391. The van der Waals surface area contributed by atoms with E-state index in [2.05, 4.69) is 0 Å². The lowest BCUT2D eigenvalue weighted by Gasteiger charge is -2.35. The van der Waals surface area contributed by atoms with Gasteiger partial charge in [0.05, 0.1) is 12.7 Å². The number of aliphatic hydroxyl groups is 1. The van der Waals surface area contributed by atoms with Crippen molar-refractivity contribution in [2.75, 3.05) is 19.7 Å². The quantitative estimate of drug-likeness (QED) is 0.872. The Hall–Kier alpha value is -1.55. The molecule has 1 saturated heterocycles. The SMILES string of the molecule is CCOC(=O)N1CCC(O)C(c2ccccc2)C1. The summed E-state index contributed by atoms with van der Waals surface area (Å²) in [6.07, 6.45) is -0.0818. The highest BCUT2D eigenvalue weighted by Crippen LogP contribution is 2.27. The van der Waals surface area contributed by atoms with Crippen LogP contribution in [0.25, 0.3) is 0 Å². The molecule has 0 aromatic heterocycles. The molecule has 1 fully saturated rings. The normalized spacial score (nSPS) is 23.8. The monoisotopic (exact) mass is 249 g/mol. The van der Waals surface area contributed by atoms with E-state index in [0.29, 0.717) is 26.1 Å². The number of nitrogens with zero attached hydrogens (tertiary/aromatic N) is 1. The number of carbonyl (C=O) groups excluding carboxylic acids is 1. The minimum Gasteiger partial charge on any atom is -0.450 e. The van der Waals surface area contributed by atoms with Gasteiger partial charge in [0.15, 0.2) is 0 Å². The van der Waals surface area contributed by atoms with Crippen LogP contribution in [0.15, 0.2) is 30.3 Å². The number of rotatable bonds is 2. The van der Waals surface area contributed by atoms with Crippen molar-refractivity contribution in [2.45, 2.75) is 25.4 Å². The summed E-state index contributed by atoms with van der Waals surface area (Å²) in [7, 11) is 0. The van der Waals surface area contributed by atoms with E-state index in [4.69, 9.17) is 4.74 Å². The van der Waals surface area contributed by atoms with Crippen molar-refractivity contribution in [3.8, 4) is 0 Å². The van der Waals surface area contributed by atoms with Gasteiger partial charge in [-0.15, -0.1) is 0 Å². The van der Waals surface area contributed by atoms with Crippen LogP contribution in [0.3, 0.4) is 0 Å². The molecular weight excluding hydrogens is 230 g/mol. The Bertz CT molecular complexity index is 393. The topological polar surface area (TPSA) is 49.8 Å². The van der Waals surface area contributed by atoms with E-state index in [0.717, 1.165) is 5.56 Å². The average molecular weight is 249 g/mol. The third-order valence-corrected chi connectivity index (χ3v) is 3.33. The molecule has 0 bridgehead atoms. The maximum absolute atomic E-state index is 11.7. The molecule has 2 atom stereocenters. The van der Waals surface area contributed by atoms with Crippen molar-refractivity contribution in [1.82, 2.24) is 4.90 Å². The first kappa shape index (κ1) is 12.9. The third kappa shape index (κ3) is 2.82. The number of carbonyl (C=O) groups is 1. The van der Waals surface area contributed by atoms with E-state index in [1.54, 1.807) is 11.8 Å². The first-order chi connectivity index (χ1) is 8.72. The smallest absolute Gasteiger partial charge is 0.409 e. The fraction of sp³-hybridized carbons (Fsp3) is 0.500. The predicted molar refractivity (Wildman–Crippen MR) is 68.4 cm³/mol. The number of benzene rings is 1. The lowest BCUT2D eigenvalue weighted by molar-refractivity contribution is 0.0467. The van der Waals surface area contributed by atoms with Crippen molar-refractivity contribution < 1.29 is 14.6 Å². The Morgan fingerprint density at radius 1 is 1.44 bits per heavy atom. The van der Waals surface area contributed by atoms with Crippen LogP contribution in [0, 0.1) is 0 Å². The molecule has 0 radical (unpaired) electrons. The van der Waals surface area contributed by atoms with Gasteiger partial charge in [0.1, 0.15) is 0 Å². The molecule has 1 N–H and O–H groups in total. The van der Waals surface area contributed by atoms with Crippen molar-refractivity contribution in [2.24, 2.45) is 0 Å². The Morgan fingerprint density at radius 2 is 2.17 bits per heavy atom. The highest BCUT2D eigenvalue weighted by Gasteiger charge is 2.31. The Balaban J connectivity index is 2.08. The van der Waals surface area contributed by atoms with Gasteiger partial charge < -0.3 is 14.7 Å². The molecule has 1 aromatic rings. The highest BCUT2D eigenvalue weighted by atomic mass is 16.6. The lowest BCUT2D eigenvalue weighted by atomic mass is 9.88. The summed E-state index contributed by atoms with van der Waals surface area (Å²) in [5, 5.41) is 10.1. The summed E-state index contributed by atoms with van der Waals surface area (Å²) in [5.74, 6) is -0.0237. The van der Waals surface area contributed by atoms with Gasteiger partial charge >= 0.3 is 6.09 Å². The number of hydrogen-bond acceptors (Lipinski definition) is 3. The third-order valence-electron chi connectivity index (χ3n) is 3.33. The predicted octanol–water partition coefficient (Wildman–Crippen LogP) is 1.99. The van der Waals surface area contributed by atoms with Crippen molar-refractivity contribution in [3.63, 3.8) is 0 Å². The molecule has 2 unspecified atom stereocenters. The molecule has 1 aliphatic rings. The van der Waals surface area contributed by atoms with Gasteiger partial charge in [-0.05, 0) is 18.9 Å². The van der Waals surface area contributed by atoms with E-state index in [1.165, 1.54) is 0 Å². The molecule has 0 saturated carbocycles. The molecule has 18 heavy (non-hydrogen) atoms. The molecule has 1 amide bonds. The van der Waals surface area contributed by atoms with Gasteiger partial charge in [-0.2, -0.15) is 0 Å². The van der Waals surface area contributed by atoms with E-state index in [9.17, 15) is 9.90 Å². The number of hydrogen-bond donors (Lipinski definition) is 1. The second-order valence-electron chi connectivity index (χ2n) is 4.52. The van der Waals surface area contributed by atoms with Gasteiger partial charge in [-0.1, -0.05) is 30.3 Å². The van der Waals surface area contributed by atoms with Crippen molar-refractivity contribution in [1.29, 1.82) is 0 Å². The van der Waals surface area contributed by atoms with Crippen molar-refractivity contribution >= 4 is 6.09 Å². The molecular formula is C14H19NO3. The minimum absolute atomic E-state index is 0.0237. The first-order valence-corrected chi connectivity index (χ1v) is 6.37. The molecule has 1 aromatic carbocycles. The standard InChI is InChI=1S/C14H19NO3/c1-2-18-14(17)15-9-8-13(16)12(10-15)11-6-4-3-5-7-11/h3-7,12-13,16H,2,8-10H2,1H3. The van der Waals surface area contributed by atoms with E-state index < -0.39 is 6.10 Å². The molecule has 0 aliphatic carbocycles. The fourth-order valence-electron chi connectivity index (χ4n) is 2.35. The van der Waals surface area contributed by atoms with Crippen LogP contribution in [-0.2, 0) is 4.74 Å². The van der Waals surface area contributed by atoms with Crippen LogP contribution in [0.2, 0.25) is 0 Å². The van der Waals surface area contributed by atoms with Crippen LogP contribution < -0.4 is 0 Å². The maximum atomic E-state index is 11.7. The molecule has 4 heteroatoms. The number of likely N-dealkylation sites (tertiary alicyclic amines) is 1. The van der Waals surface area contributed by atoms with E-state index in [1.807, 2.05) is 30.3 Å². The largest absolute Gasteiger partial charge is 0.450 e. The van der Waals surface area contributed by atoms with Crippen LogP contribution in [0.5, 0.6) is 0 Å². The maximum Gasteiger partial charge on any atom is 0.409 e. The summed E-state index contributed by atoms with van der Waals surface area (Å²) in [5.41, 5.74) is 1.07. The first-order valence-electron chi connectivity index (χ1n) is 6.37. The second kappa shape index (κ2) is 5.87. The summed E-state index contributed by atoms with van der Waals surface area (Å²) < 4.78 is 5.01. The van der Waals surface area contributed by atoms with Gasteiger partial charge in [0, 0.05) is 19.0 Å². The van der Waals surface area contributed by atoms with Gasteiger partial charge in [0.2, 0.25) is 0 Å². The molecule has 98 valence electrons. The summed E-state index contributed by atoms with van der Waals surface area (Å²) in [6.45, 7) is 3.26. The number of ether oxygens (including phenoxy) is 1. The van der Waals surface area contributed by atoms with Gasteiger partial charge in [-0.3, -0.25) is 0 Å². The Morgan fingerprint density at radius 3 is 2.83 bits per heavy atom. The Kier molecular flexibility index (Phi) is 4.20. The van der Waals surface area contributed by atoms with Crippen molar-refractivity contribution in [3.05, 3.63) is 35.9 Å². The van der Waals surface area contributed by atoms with Crippen LogP contribution in [0.4, 0.5) is 4.79 Å². The van der Waals surface area contributed by atoms with Crippen LogP contribution in [0.1, 0.15) is 24.8 Å². The zero-order valence-corrected chi connectivity index (χ0v) is 10.6. The number of piperidine rings is 1. The summed E-state index contributed by atoms with van der Waals surface area (Å²) in [6, 6.07) is 9.82. The summed E-state index contributed by atoms with van der Waals surface area (Å²) in [4.78, 5) is 13.4. The fourth-order valence-corrected chi connectivity index (χ4v) is 2.35. The van der Waals surface area contributed by atoms with Gasteiger partial charge in [0.25, 0.3) is 0 Å². The molecule has 0 spiro atoms. The molecule has 1 heterocycles. The second-order valence-corrected chi connectivity index (χ2v) is 4.52. The van der Waals surface area contributed by atoms with Crippen LogP contribution >= 0.6 is 0 Å². The number of aliphatic hydroxyl groups excluding tert-OH is 1. The molecule has 4 nitrogen and oxygen atoms in total. The Labute approximate surface area is 107 Å².